The second-order valence-corrected chi connectivity index (χ2v) is 7.57. The van der Waals surface area contributed by atoms with Crippen LogP contribution in [-0.2, 0) is 14.8 Å². The van der Waals surface area contributed by atoms with Crippen molar-refractivity contribution >= 4 is 27.3 Å². The lowest BCUT2D eigenvalue weighted by Gasteiger charge is -2.22. The minimum Gasteiger partial charge on any atom is -0.326 e. The lowest BCUT2D eigenvalue weighted by atomic mass is 10.2. The molecule has 0 unspecified atom stereocenters. The van der Waals surface area contributed by atoms with E-state index in [1.54, 1.807) is 42.5 Å². The molecular weight excluding hydrogens is 338 g/mol. The summed E-state index contributed by atoms with van der Waals surface area (Å²) in [5.41, 5.74) is 2.41. The summed E-state index contributed by atoms with van der Waals surface area (Å²) in [5.74, 6) is -0.323. The van der Waals surface area contributed by atoms with Gasteiger partial charge in [0.15, 0.2) is 0 Å². The Labute approximate surface area is 147 Å². The molecule has 0 atom stereocenters. The first-order chi connectivity index (χ1) is 11.8. The Balaban J connectivity index is 2.08. The number of aryl methyl sites for hydroxylation is 1. The lowest BCUT2D eigenvalue weighted by molar-refractivity contribution is -0.116. The number of hydrogen-bond donors (Lipinski definition) is 1. The number of benzene rings is 2. The second-order valence-electron chi connectivity index (χ2n) is 5.66. The van der Waals surface area contributed by atoms with Crippen LogP contribution in [0, 0.1) is 18.3 Å². The Morgan fingerprint density at radius 1 is 1.20 bits per heavy atom. The normalized spacial score (nSPS) is 10.8. The molecule has 0 heterocycles. The molecule has 0 aliphatic carbocycles. The number of sulfonamides is 1. The highest BCUT2D eigenvalue weighted by molar-refractivity contribution is 7.92. The molecule has 0 saturated heterocycles. The predicted molar refractivity (Wildman–Crippen MR) is 97.8 cm³/mol. The van der Waals surface area contributed by atoms with Gasteiger partial charge in [-0.3, -0.25) is 9.10 Å². The first-order valence-corrected chi connectivity index (χ1v) is 9.49. The summed E-state index contributed by atoms with van der Waals surface area (Å²) in [5, 5.41) is 11.5. The number of carbonyl (C=O) groups is 1. The van der Waals surface area contributed by atoms with Crippen molar-refractivity contribution in [3.8, 4) is 6.07 Å². The molecule has 0 radical (unpaired) electrons. The van der Waals surface area contributed by atoms with E-state index in [9.17, 15) is 13.2 Å². The molecule has 25 heavy (non-hydrogen) atoms. The van der Waals surface area contributed by atoms with E-state index >= 15 is 0 Å². The van der Waals surface area contributed by atoms with E-state index < -0.39 is 10.0 Å². The average Bonchev–Trinajstić information content (AvgIpc) is 2.54. The van der Waals surface area contributed by atoms with Crippen molar-refractivity contribution in [2.24, 2.45) is 0 Å². The van der Waals surface area contributed by atoms with E-state index in [2.05, 4.69) is 5.32 Å². The number of nitrogens with one attached hydrogen (secondary N) is 1. The molecule has 0 bridgehead atoms. The van der Waals surface area contributed by atoms with Gasteiger partial charge in [0, 0.05) is 18.7 Å². The molecule has 2 aromatic carbocycles. The van der Waals surface area contributed by atoms with Crippen LogP contribution in [0.4, 0.5) is 11.4 Å². The summed E-state index contributed by atoms with van der Waals surface area (Å²) >= 11 is 0. The number of nitrogens with zero attached hydrogens (tertiary/aromatic N) is 2. The maximum Gasteiger partial charge on any atom is 0.232 e. The van der Waals surface area contributed by atoms with Gasteiger partial charge in [0.25, 0.3) is 0 Å². The quantitative estimate of drug-likeness (QED) is 0.860. The second kappa shape index (κ2) is 7.81. The summed E-state index contributed by atoms with van der Waals surface area (Å²) in [6.45, 7) is 1.91. The topological polar surface area (TPSA) is 90.3 Å². The fraction of sp³-hybridized carbons (Fsp3) is 0.222. The molecule has 0 aliphatic heterocycles. The first kappa shape index (κ1) is 18.5. The van der Waals surface area contributed by atoms with Crippen LogP contribution in [0.1, 0.15) is 17.5 Å². The molecule has 0 saturated carbocycles. The predicted octanol–water partition coefficient (Wildman–Crippen LogP) is 2.66. The molecule has 0 fully saturated rings. The average molecular weight is 357 g/mol. The van der Waals surface area contributed by atoms with Crippen LogP contribution in [0.3, 0.4) is 0 Å². The van der Waals surface area contributed by atoms with E-state index in [1.165, 1.54) is 4.31 Å². The molecule has 2 rings (SSSR count). The van der Waals surface area contributed by atoms with Crippen LogP contribution in [-0.4, -0.2) is 27.1 Å². The fourth-order valence-electron chi connectivity index (χ4n) is 2.36. The zero-order valence-electron chi connectivity index (χ0n) is 14.1. The van der Waals surface area contributed by atoms with Crippen LogP contribution < -0.4 is 9.62 Å². The van der Waals surface area contributed by atoms with Crippen molar-refractivity contribution in [3.63, 3.8) is 0 Å². The monoisotopic (exact) mass is 357 g/mol. The van der Waals surface area contributed by atoms with E-state index in [1.807, 2.05) is 19.1 Å². The van der Waals surface area contributed by atoms with E-state index in [4.69, 9.17) is 5.26 Å². The maximum absolute atomic E-state index is 12.1. The van der Waals surface area contributed by atoms with Crippen molar-refractivity contribution in [2.45, 2.75) is 13.3 Å². The molecule has 0 aliphatic rings. The van der Waals surface area contributed by atoms with E-state index in [0.717, 1.165) is 11.8 Å². The lowest BCUT2D eigenvalue weighted by Crippen LogP contribution is -2.33. The number of anilines is 2. The van der Waals surface area contributed by atoms with Gasteiger partial charge in [0.2, 0.25) is 15.9 Å². The third kappa shape index (κ3) is 5.33. The van der Waals surface area contributed by atoms with Gasteiger partial charge in [0.05, 0.1) is 23.6 Å². The molecule has 7 heteroatoms. The zero-order chi connectivity index (χ0) is 18.4. The van der Waals surface area contributed by atoms with Gasteiger partial charge in [-0.1, -0.05) is 18.2 Å². The number of rotatable bonds is 6. The smallest absolute Gasteiger partial charge is 0.232 e. The highest BCUT2D eigenvalue weighted by atomic mass is 32.2. The van der Waals surface area contributed by atoms with Crippen LogP contribution in [0.15, 0.2) is 48.5 Å². The Hall–Kier alpha value is -2.85. The molecule has 0 aromatic heterocycles. The minimum absolute atomic E-state index is 0.00219. The van der Waals surface area contributed by atoms with Gasteiger partial charge in [0.1, 0.15) is 0 Å². The molecule has 2 aromatic rings. The SMILES string of the molecule is Cc1cccc(N(CCC(=O)Nc2cccc(C#N)c2)S(C)(=O)=O)c1. The summed E-state index contributed by atoms with van der Waals surface area (Å²) in [6, 6.07) is 15.6. The van der Waals surface area contributed by atoms with Gasteiger partial charge in [-0.05, 0) is 42.8 Å². The zero-order valence-corrected chi connectivity index (χ0v) is 14.9. The van der Waals surface area contributed by atoms with E-state index in [0.29, 0.717) is 16.9 Å². The number of hydrogen-bond acceptors (Lipinski definition) is 4. The summed E-state index contributed by atoms with van der Waals surface area (Å²) < 4.78 is 25.3. The number of carbonyl (C=O) groups excluding carboxylic acids is 1. The molecule has 1 amide bonds. The van der Waals surface area contributed by atoms with Gasteiger partial charge >= 0.3 is 0 Å². The molecule has 130 valence electrons. The van der Waals surface area contributed by atoms with Crippen molar-refractivity contribution in [1.82, 2.24) is 0 Å². The summed E-state index contributed by atoms with van der Waals surface area (Å²) in [4.78, 5) is 12.1. The van der Waals surface area contributed by atoms with Gasteiger partial charge < -0.3 is 5.32 Å². The maximum atomic E-state index is 12.1. The fourth-order valence-corrected chi connectivity index (χ4v) is 3.28. The van der Waals surface area contributed by atoms with Crippen LogP contribution in [0.2, 0.25) is 0 Å². The Kier molecular flexibility index (Phi) is 5.78. The van der Waals surface area contributed by atoms with E-state index in [-0.39, 0.29) is 18.9 Å². The van der Waals surface area contributed by atoms with Gasteiger partial charge in [-0.15, -0.1) is 0 Å². The number of nitriles is 1. The summed E-state index contributed by atoms with van der Waals surface area (Å²) in [6.07, 6.45) is 1.11. The minimum atomic E-state index is -3.50. The Morgan fingerprint density at radius 2 is 1.92 bits per heavy atom. The van der Waals surface area contributed by atoms with Crippen LogP contribution in [0.5, 0.6) is 0 Å². The Bertz CT molecular complexity index is 917. The van der Waals surface area contributed by atoms with Gasteiger partial charge in [-0.25, -0.2) is 8.42 Å². The Morgan fingerprint density at radius 3 is 2.56 bits per heavy atom. The molecule has 0 spiro atoms. The highest BCUT2D eigenvalue weighted by Gasteiger charge is 2.18. The van der Waals surface area contributed by atoms with Crippen molar-refractivity contribution in [2.75, 3.05) is 22.4 Å². The largest absolute Gasteiger partial charge is 0.326 e. The van der Waals surface area contributed by atoms with Crippen LogP contribution in [0.25, 0.3) is 0 Å². The first-order valence-electron chi connectivity index (χ1n) is 7.64. The van der Waals surface area contributed by atoms with Gasteiger partial charge in [-0.2, -0.15) is 5.26 Å². The highest BCUT2D eigenvalue weighted by Crippen LogP contribution is 2.19. The van der Waals surface area contributed by atoms with Crippen molar-refractivity contribution < 1.29 is 13.2 Å². The third-order valence-corrected chi connectivity index (χ3v) is 4.70. The third-order valence-electron chi connectivity index (χ3n) is 3.51. The summed E-state index contributed by atoms with van der Waals surface area (Å²) in [7, 11) is -3.50. The van der Waals surface area contributed by atoms with Crippen LogP contribution >= 0.6 is 0 Å². The van der Waals surface area contributed by atoms with Crippen molar-refractivity contribution in [1.29, 1.82) is 5.26 Å². The molecule has 6 nitrogen and oxygen atoms in total. The van der Waals surface area contributed by atoms with Crippen molar-refractivity contribution in [3.05, 3.63) is 59.7 Å². The number of amides is 1. The standard InChI is InChI=1S/C18H19N3O3S/c1-14-5-3-8-17(11-14)21(25(2,23)24)10-9-18(22)20-16-7-4-6-15(12-16)13-19/h3-8,11-12H,9-10H2,1-2H3,(H,20,22). The molecule has 1 N–H and O–H groups in total. The molecular formula is C18H19N3O3S.